The molecule has 1 N–H and O–H groups in total. The van der Waals surface area contributed by atoms with Crippen LogP contribution < -0.4 is 10.1 Å². The van der Waals surface area contributed by atoms with Crippen molar-refractivity contribution in [1.82, 2.24) is 5.32 Å². The molecule has 0 radical (unpaired) electrons. The quantitative estimate of drug-likeness (QED) is 0.544. The highest BCUT2D eigenvalue weighted by atomic mass is 32.2. The molecule has 0 bridgehead atoms. The SMILES string of the molecule is COC(=O)[C@H](CSC(=O)Oc1cc(C(F)(F)F)ccc1C(=O)OCc1ccccc1)NC(C)=O. The summed E-state index contributed by atoms with van der Waals surface area (Å²) >= 11 is 0.399. The number of methoxy groups -OCH3 is 1. The van der Waals surface area contributed by atoms with E-state index in [1.54, 1.807) is 30.3 Å². The van der Waals surface area contributed by atoms with Crippen LogP contribution in [0.25, 0.3) is 0 Å². The van der Waals surface area contributed by atoms with Gasteiger partial charge in [0.15, 0.2) is 0 Å². The van der Waals surface area contributed by atoms with Gasteiger partial charge in [0.25, 0.3) is 0 Å². The van der Waals surface area contributed by atoms with Crippen molar-refractivity contribution in [2.45, 2.75) is 25.7 Å². The number of hydrogen-bond donors (Lipinski definition) is 1. The van der Waals surface area contributed by atoms with Crippen molar-refractivity contribution in [2.24, 2.45) is 0 Å². The van der Waals surface area contributed by atoms with Crippen molar-refractivity contribution in [3.05, 3.63) is 65.2 Å². The van der Waals surface area contributed by atoms with Crippen molar-refractivity contribution in [2.75, 3.05) is 12.9 Å². The Hall–Kier alpha value is -3.54. The lowest BCUT2D eigenvalue weighted by Crippen LogP contribution is -2.42. The lowest BCUT2D eigenvalue weighted by Gasteiger charge is -2.15. The van der Waals surface area contributed by atoms with Gasteiger partial charge in [0.2, 0.25) is 5.91 Å². The first-order valence-electron chi connectivity index (χ1n) is 9.63. The Morgan fingerprint density at radius 2 is 1.74 bits per heavy atom. The summed E-state index contributed by atoms with van der Waals surface area (Å²) in [7, 11) is 1.08. The number of thioether (sulfide) groups is 1. The van der Waals surface area contributed by atoms with Crippen LogP contribution in [-0.4, -0.2) is 42.1 Å². The molecule has 0 saturated heterocycles. The number of benzene rings is 2. The molecule has 1 atom stereocenters. The number of esters is 2. The zero-order valence-electron chi connectivity index (χ0n) is 18.0. The standard InChI is InChI=1S/C22H20F3NO7S/c1-13(27)26-17(20(29)31-2)12-34-21(30)33-18-10-15(22(23,24)25)8-9-16(18)19(28)32-11-14-6-4-3-5-7-14/h3-10,17H,11-12H2,1-2H3,(H,26,27)/t17-/m0/s1. The molecule has 0 fully saturated rings. The first-order chi connectivity index (χ1) is 16.0. The zero-order valence-corrected chi connectivity index (χ0v) is 18.8. The van der Waals surface area contributed by atoms with Gasteiger partial charge in [-0.2, -0.15) is 13.2 Å². The summed E-state index contributed by atoms with van der Waals surface area (Å²) in [6, 6.07) is 9.37. The molecule has 0 saturated carbocycles. The zero-order chi connectivity index (χ0) is 25.3. The van der Waals surface area contributed by atoms with E-state index in [9.17, 15) is 32.3 Å². The van der Waals surface area contributed by atoms with E-state index in [2.05, 4.69) is 10.1 Å². The number of halogens is 3. The van der Waals surface area contributed by atoms with Crippen LogP contribution in [0.1, 0.15) is 28.4 Å². The third-order valence-electron chi connectivity index (χ3n) is 4.17. The number of alkyl halides is 3. The van der Waals surface area contributed by atoms with Crippen LogP contribution in [0.15, 0.2) is 48.5 Å². The van der Waals surface area contributed by atoms with Gasteiger partial charge in [-0.3, -0.25) is 4.79 Å². The monoisotopic (exact) mass is 499 g/mol. The molecule has 34 heavy (non-hydrogen) atoms. The van der Waals surface area contributed by atoms with Gasteiger partial charge in [-0.15, -0.1) is 0 Å². The number of carbonyl (C=O) groups excluding carboxylic acids is 4. The van der Waals surface area contributed by atoms with Crippen LogP contribution in [0.2, 0.25) is 0 Å². The van der Waals surface area contributed by atoms with Crippen LogP contribution in [0.5, 0.6) is 5.75 Å². The van der Waals surface area contributed by atoms with Crippen molar-refractivity contribution in [3.63, 3.8) is 0 Å². The summed E-state index contributed by atoms with van der Waals surface area (Å²) in [5, 5.41) is 1.16. The van der Waals surface area contributed by atoms with E-state index < -0.39 is 52.2 Å². The van der Waals surface area contributed by atoms with E-state index in [1.165, 1.54) is 0 Å². The molecule has 12 heteroatoms. The van der Waals surface area contributed by atoms with Crippen LogP contribution >= 0.6 is 11.8 Å². The second-order valence-corrected chi connectivity index (χ2v) is 7.67. The summed E-state index contributed by atoms with van der Waals surface area (Å²) in [5.74, 6) is -3.39. The van der Waals surface area contributed by atoms with Gasteiger partial charge in [0.05, 0.1) is 12.7 Å². The molecule has 0 aliphatic heterocycles. The molecular weight excluding hydrogens is 479 g/mol. The second kappa shape index (κ2) is 12.1. The first kappa shape index (κ1) is 26.7. The maximum atomic E-state index is 13.2. The minimum atomic E-state index is -4.76. The molecule has 2 aromatic rings. The van der Waals surface area contributed by atoms with Gasteiger partial charge < -0.3 is 19.5 Å². The summed E-state index contributed by atoms with van der Waals surface area (Å²) in [6.07, 6.45) is -4.76. The Bertz CT molecular complexity index is 1040. The number of carbonyl (C=O) groups is 4. The van der Waals surface area contributed by atoms with Crippen molar-refractivity contribution >= 4 is 34.9 Å². The summed E-state index contributed by atoms with van der Waals surface area (Å²) in [4.78, 5) is 47.7. The minimum absolute atomic E-state index is 0.152. The van der Waals surface area contributed by atoms with E-state index in [-0.39, 0.29) is 12.4 Å². The predicted molar refractivity (Wildman–Crippen MR) is 115 cm³/mol. The number of nitrogens with one attached hydrogen (secondary N) is 1. The predicted octanol–water partition coefficient (Wildman–Crippen LogP) is 3.97. The van der Waals surface area contributed by atoms with Gasteiger partial charge in [0, 0.05) is 12.7 Å². The van der Waals surface area contributed by atoms with Crippen LogP contribution in [0.3, 0.4) is 0 Å². The summed E-state index contributed by atoms with van der Waals surface area (Å²) < 4.78 is 54.1. The molecule has 0 aliphatic carbocycles. The Labute approximate surface area is 196 Å². The summed E-state index contributed by atoms with van der Waals surface area (Å²) in [6.45, 7) is 0.995. The van der Waals surface area contributed by atoms with Gasteiger partial charge in [0.1, 0.15) is 24.0 Å². The lowest BCUT2D eigenvalue weighted by molar-refractivity contribution is -0.144. The Balaban J connectivity index is 2.18. The highest BCUT2D eigenvalue weighted by molar-refractivity contribution is 8.13. The number of rotatable bonds is 8. The Morgan fingerprint density at radius 3 is 2.32 bits per heavy atom. The fourth-order valence-corrected chi connectivity index (χ4v) is 3.25. The normalized spacial score (nSPS) is 11.8. The molecule has 0 aromatic heterocycles. The smallest absolute Gasteiger partial charge is 0.416 e. The van der Waals surface area contributed by atoms with E-state index >= 15 is 0 Å². The maximum absolute atomic E-state index is 13.2. The molecule has 0 heterocycles. The number of amides is 1. The van der Waals surface area contributed by atoms with E-state index in [0.29, 0.717) is 29.5 Å². The average Bonchev–Trinajstić information content (AvgIpc) is 2.79. The van der Waals surface area contributed by atoms with Crippen LogP contribution in [-0.2, 0) is 31.8 Å². The average molecular weight is 499 g/mol. The van der Waals surface area contributed by atoms with Gasteiger partial charge in [-0.05, 0) is 35.5 Å². The second-order valence-electron chi connectivity index (χ2n) is 6.71. The molecule has 2 rings (SSSR count). The molecule has 0 spiro atoms. The third kappa shape index (κ3) is 8.10. The van der Waals surface area contributed by atoms with Crippen LogP contribution in [0.4, 0.5) is 18.0 Å². The minimum Gasteiger partial charge on any atom is -0.467 e. The summed E-state index contributed by atoms with van der Waals surface area (Å²) in [5.41, 5.74) is -0.904. The fourth-order valence-electron chi connectivity index (χ4n) is 2.58. The molecule has 2 aromatic carbocycles. The highest BCUT2D eigenvalue weighted by Crippen LogP contribution is 2.34. The van der Waals surface area contributed by atoms with Crippen LogP contribution in [0, 0.1) is 0 Å². The molecule has 8 nitrogen and oxygen atoms in total. The van der Waals surface area contributed by atoms with E-state index in [4.69, 9.17) is 9.47 Å². The molecule has 0 aliphatic rings. The van der Waals surface area contributed by atoms with E-state index in [1.807, 2.05) is 0 Å². The molecule has 182 valence electrons. The molecule has 0 unspecified atom stereocenters. The topological polar surface area (TPSA) is 108 Å². The Morgan fingerprint density at radius 1 is 1.06 bits per heavy atom. The van der Waals surface area contributed by atoms with Gasteiger partial charge in [-0.25, -0.2) is 14.4 Å². The Kier molecular flexibility index (Phi) is 9.48. The first-order valence-corrected chi connectivity index (χ1v) is 10.6. The van der Waals surface area contributed by atoms with Gasteiger partial charge >= 0.3 is 23.4 Å². The lowest BCUT2D eigenvalue weighted by atomic mass is 10.1. The molecular formula is C22H20F3NO7S. The van der Waals surface area contributed by atoms with Crippen molar-refractivity contribution < 1.29 is 46.6 Å². The van der Waals surface area contributed by atoms with E-state index in [0.717, 1.165) is 20.1 Å². The fraction of sp³-hybridized carbons (Fsp3) is 0.273. The largest absolute Gasteiger partial charge is 0.467 e. The number of ether oxygens (including phenoxy) is 3. The van der Waals surface area contributed by atoms with Gasteiger partial charge in [-0.1, -0.05) is 30.3 Å². The van der Waals surface area contributed by atoms with Crippen molar-refractivity contribution in [3.8, 4) is 5.75 Å². The molecule has 1 amide bonds. The van der Waals surface area contributed by atoms with Crippen molar-refractivity contribution in [1.29, 1.82) is 0 Å². The number of hydrogen-bond acceptors (Lipinski definition) is 8. The maximum Gasteiger partial charge on any atom is 0.416 e. The third-order valence-corrected chi connectivity index (χ3v) is 4.98. The highest BCUT2D eigenvalue weighted by Gasteiger charge is 2.33.